The molecule has 2 aromatic carbocycles. The minimum Gasteiger partial charge on any atom is -0.748 e. The topological polar surface area (TPSA) is 273 Å². The zero-order valence-corrected chi connectivity index (χ0v) is 34.8. The van der Waals surface area contributed by atoms with Crippen LogP contribution in [0, 0.1) is 0 Å². The molecule has 5 N–H and O–H groups in total. The normalized spacial score (nSPS) is 20.8. The van der Waals surface area contributed by atoms with Gasteiger partial charge in [0.05, 0.1) is 31.1 Å². The highest BCUT2D eigenvalue weighted by Crippen LogP contribution is 2.48. The predicted molar refractivity (Wildman–Crippen MR) is 212 cm³/mol. The molecule has 16 nitrogen and oxygen atoms in total. The summed E-state index contributed by atoms with van der Waals surface area (Å²) in [6.07, 6.45) is 11.9. The molecule has 314 valence electrons. The summed E-state index contributed by atoms with van der Waals surface area (Å²) in [4.78, 5) is 10.5. The van der Waals surface area contributed by atoms with E-state index in [1.807, 2.05) is 24.5 Å². The fourth-order valence-corrected chi connectivity index (χ4v) is 9.61. The predicted octanol–water partition coefficient (Wildman–Crippen LogP) is 5.33. The Balaban J connectivity index is 1.72. The Morgan fingerprint density at radius 2 is 1.33 bits per heavy atom. The number of allylic oxidation sites excluding steroid dienone is 6. The molecule has 0 spiro atoms. The molecule has 0 aromatic heterocycles. The number of carboxylic acids is 1. The Morgan fingerprint density at radius 1 is 0.737 bits per heavy atom. The summed E-state index contributed by atoms with van der Waals surface area (Å²) in [6, 6.07) is 8.35. The van der Waals surface area contributed by atoms with E-state index in [-0.39, 0.29) is 35.6 Å². The lowest BCUT2D eigenvalue weighted by molar-refractivity contribution is -0.438. The number of fused-ring (bicyclic) bond motifs is 2. The molecule has 2 aliphatic rings. The van der Waals surface area contributed by atoms with Crippen molar-refractivity contribution in [2.75, 3.05) is 23.4 Å². The molecule has 2 heterocycles. The van der Waals surface area contributed by atoms with Crippen molar-refractivity contribution >= 4 is 63.5 Å². The van der Waals surface area contributed by atoms with Gasteiger partial charge in [-0.3, -0.25) is 18.5 Å². The van der Waals surface area contributed by atoms with Crippen LogP contribution in [0.15, 0.2) is 82.3 Å². The maximum absolute atomic E-state index is 12.2. The van der Waals surface area contributed by atoms with E-state index >= 15 is 0 Å². The first-order valence-corrected chi connectivity index (χ1v) is 24.2. The van der Waals surface area contributed by atoms with Crippen molar-refractivity contribution in [3.05, 3.63) is 83.6 Å². The zero-order chi connectivity index (χ0) is 42.5. The molecule has 2 aliphatic heterocycles. The van der Waals surface area contributed by atoms with Gasteiger partial charge >= 0.3 is 5.97 Å². The summed E-state index contributed by atoms with van der Waals surface area (Å²) >= 11 is 0. The Hall–Kier alpha value is -3.76. The number of unbranched alkanes of at least 4 members (excludes halogenated alkanes) is 4. The van der Waals surface area contributed by atoms with E-state index in [0.29, 0.717) is 78.9 Å². The Morgan fingerprint density at radius 3 is 1.95 bits per heavy atom. The fourth-order valence-electron chi connectivity index (χ4n) is 7.47. The van der Waals surface area contributed by atoms with Gasteiger partial charge in [-0.1, -0.05) is 37.5 Å². The van der Waals surface area contributed by atoms with Crippen molar-refractivity contribution in [1.82, 2.24) is 0 Å². The van der Waals surface area contributed by atoms with Crippen LogP contribution in [0.2, 0.25) is 0 Å². The van der Waals surface area contributed by atoms with Gasteiger partial charge in [0.15, 0.2) is 5.71 Å². The number of benzene rings is 2. The Labute approximate surface area is 334 Å². The van der Waals surface area contributed by atoms with E-state index < -0.39 is 68.8 Å². The lowest BCUT2D eigenvalue weighted by Crippen LogP contribution is -2.31. The Kier molecular flexibility index (Phi) is 14.5. The van der Waals surface area contributed by atoms with Gasteiger partial charge in [0.2, 0.25) is 5.69 Å². The lowest BCUT2D eigenvalue weighted by Gasteiger charge is -2.26. The minimum atomic E-state index is -4.59. The van der Waals surface area contributed by atoms with E-state index in [1.54, 1.807) is 30.4 Å². The maximum atomic E-state index is 12.2. The molecular weight excluding hydrogens is 825 g/mol. The van der Waals surface area contributed by atoms with E-state index in [9.17, 15) is 56.7 Å². The van der Waals surface area contributed by atoms with E-state index in [2.05, 4.69) is 5.32 Å². The summed E-state index contributed by atoms with van der Waals surface area (Å²) in [6.45, 7) is 4.00. The lowest BCUT2D eigenvalue weighted by atomic mass is 9.75. The first kappa shape index (κ1) is 45.9. The second-order valence-electron chi connectivity index (χ2n) is 14.7. The van der Waals surface area contributed by atoms with Crippen LogP contribution >= 0.6 is 0 Å². The van der Waals surface area contributed by atoms with Crippen LogP contribution in [0.4, 0.5) is 11.4 Å². The number of rotatable bonds is 21. The Bertz CT molecular complexity index is 2440. The van der Waals surface area contributed by atoms with Gasteiger partial charge < -0.3 is 15.0 Å². The average molecular weight is 873 g/mol. The van der Waals surface area contributed by atoms with Crippen LogP contribution in [0.5, 0.6) is 0 Å². The number of anilines is 1. The molecule has 0 bridgehead atoms. The number of carboxylic acid groups (broad SMARTS) is 1. The molecule has 4 rings (SSSR count). The van der Waals surface area contributed by atoms with Crippen molar-refractivity contribution in [2.45, 2.75) is 98.7 Å². The summed E-state index contributed by atoms with van der Waals surface area (Å²) < 4.78 is 136. The van der Waals surface area contributed by atoms with Gasteiger partial charge in [-0.2, -0.15) is 29.8 Å². The number of nitrogens with one attached hydrogen (secondary N) is 1. The standard InChI is InChI=1S/C37H48N2O14S4/c1-36(20-9-11-23-54(42,43)44)29-25-27(56(48,49)50)16-18-31(29)38-33(36)13-5-3-6-14-34-37(2,21-8-4-7-15-35(40)41)30-26-28(57(51,52)53)17-19-32(30)39(34)22-10-12-24-55(45,46)47/h3,5-6,13-14,16-19,25-26H,4,7-12,15,20-24H2,1-2H3,(H5,40,41,42,43,44,45,46,47,48,49,50,51,52,53). The first-order valence-electron chi connectivity index (χ1n) is 18.2. The highest BCUT2D eigenvalue weighted by molar-refractivity contribution is 7.86. The van der Waals surface area contributed by atoms with Gasteiger partial charge in [-0.25, -0.2) is 8.42 Å². The number of hydrogen-bond acceptors (Lipinski definition) is 11. The third-order valence-electron chi connectivity index (χ3n) is 10.4. The molecule has 2 unspecified atom stereocenters. The van der Waals surface area contributed by atoms with E-state index in [4.69, 9.17) is 5.11 Å². The summed E-state index contributed by atoms with van der Waals surface area (Å²) in [5, 5.41) is 12.4. The van der Waals surface area contributed by atoms with Crippen molar-refractivity contribution in [2.24, 2.45) is 0 Å². The van der Waals surface area contributed by atoms with Gasteiger partial charge in [0.1, 0.15) is 6.54 Å². The number of carbonyl (C=O) groups is 1. The van der Waals surface area contributed by atoms with Crippen molar-refractivity contribution in [3.63, 3.8) is 0 Å². The highest BCUT2D eigenvalue weighted by atomic mass is 32.2. The van der Waals surface area contributed by atoms with Crippen molar-refractivity contribution < 1.29 is 66.4 Å². The molecule has 0 saturated carbocycles. The zero-order valence-electron chi connectivity index (χ0n) is 31.5. The third kappa shape index (κ3) is 12.1. The summed E-state index contributed by atoms with van der Waals surface area (Å²) in [5.41, 5.74) is 1.98. The van der Waals surface area contributed by atoms with Gasteiger partial charge in [-0.05, 0) is 87.9 Å². The van der Waals surface area contributed by atoms with Crippen molar-refractivity contribution in [1.29, 1.82) is 0 Å². The van der Waals surface area contributed by atoms with Crippen LogP contribution in [-0.4, -0.2) is 91.3 Å². The third-order valence-corrected chi connectivity index (χ3v) is 13.7. The van der Waals surface area contributed by atoms with Crippen LogP contribution < -0.4 is 5.32 Å². The van der Waals surface area contributed by atoms with Gasteiger partial charge in [-0.15, -0.1) is 0 Å². The van der Waals surface area contributed by atoms with Crippen LogP contribution in [0.1, 0.15) is 89.2 Å². The largest absolute Gasteiger partial charge is 0.748 e. The molecule has 2 atom stereocenters. The maximum Gasteiger partial charge on any atom is 0.303 e. The van der Waals surface area contributed by atoms with E-state index in [0.717, 1.165) is 0 Å². The molecule has 0 saturated heterocycles. The number of nitrogens with zero attached hydrogens (tertiary/aromatic N) is 1. The van der Waals surface area contributed by atoms with Gasteiger partial charge in [0.25, 0.3) is 30.4 Å². The second-order valence-corrected chi connectivity index (χ2v) is 20.6. The SMILES string of the molecule is CC1(CCCCCC(=O)O)C(/C=C/C=C/C=C2/Nc3ccc(S(=O)(=O)O)cc3C2(C)CCCCS(=O)(=O)O)=[N+](CCCCS(=O)(=O)[O-])c2ccc(S(=O)(=O)O)cc21. The van der Waals surface area contributed by atoms with Crippen LogP contribution in [-0.2, 0) is 56.1 Å². The molecule has 57 heavy (non-hydrogen) atoms. The molecule has 0 amide bonds. The number of hydrogen-bond donors (Lipinski definition) is 5. The average Bonchev–Trinajstić information content (AvgIpc) is 3.49. The summed E-state index contributed by atoms with van der Waals surface area (Å²) in [5.74, 6) is -1.94. The molecule has 0 fully saturated rings. The van der Waals surface area contributed by atoms with Crippen molar-refractivity contribution in [3.8, 4) is 0 Å². The van der Waals surface area contributed by atoms with Crippen LogP contribution in [0.3, 0.4) is 0 Å². The van der Waals surface area contributed by atoms with Crippen LogP contribution in [0.25, 0.3) is 0 Å². The molecule has 20 heteroatoms. The van der Waals surface area contributed by atoms with E-state index in [1.165, 1.54) is 30.3 Å². The molecule has 2 aromatic rings. The minimum absolute atomic E-state index is 0.0169. The quantitative estimate of drug-likeness (QED) is 0.0459. The fraction of sp³-hybridized carbons (Fsp3) is 0.459. The first-order chi connectivity index (χ1) is 26.3. The van der Waals surface area contributed by atoms with Gasteiger partial charge in [0, 0.05) is 53.1 Å². The second kappa shape index (κ2) is 18.0. The molecular formula is C37H48N2O14S4. The molecule has 0 radical (unpaired) electrons. The smallest absolute Gasteiger partial charge is 0.303 e. The molecule has 0 aliphatic carbocycles. The monoisotopic (exact) mass is 872 g/mol. The number of aliphatic carboxylic acids is 1. The highest BCUT2D eigenvalue weighted by Gasteiger charge is 2.47. The summed E-state index contributed by atoms with van der Waals surface area (Å²) in [7, 11) is -17.8.